The summed E-state index contributed by atoms with van der Waals surface area (Å²) in [5.41, 5.74) is 3.79. The van der Waals surface area contributed by atoms with Crippen LogP contribution in [0.15, 0.2) is 65.8 Å². The van der Waals surface area contributed by atoms with Gasteiger partial charge in [0.05, 0.1) is 22.2 Å². The van der Waals surface area contributed by atoms with Gasteiger partial charge in [0.2, 0.25) is 0 Å². The first kappa shape index (κ1) is 12.8. The van der Waals surface area contributed by atoms with Crippen molar-refractivity contribution in [2.75, 3.05) is 6.26 Å². The van der Waals surface area contributed by atoms with Crippen molar-refractivity contribution in [3.63, 3.8) is 0 Å². The van der Waals surface area contributed by atoms with Crippen LogP contribution in [-0.4, -0.2) is 20.4 Å². The molecule has 1 N–H and O–H groups in total. The van der Waals surface area contributed by atoms with Gasteiger partial charge in [-0.25, -0.2) is 4.98 Å². The van der Waals surface area contributed by atoms with E-state index in [0.717, 1.165) is 22.5 Å². The summed E-state index contributed by atoms with van der Waals surface area (Å²) in [5.74, 6) is 0. The summed E-state index contributed by atoms with van der Waals surface area (Å²) < 4.78 is 11.7. The number of hydrogen-bond donors (Lipinski definition) is 1. The van der Waals surface area contributed by atoms with Gasteiger partial charge in [-0.15, -0.1) is 0 Å². The monoisotopic (exact) mass is 282 g/mol. The fourth-order valence-corrected chi connectivity index (χ4v) is 2.57. The van der Waals surface area contributed by atoms with Gasteiger partial charge in [-0.1, -0.05) is 60.7 Å². The van der Waals surface area contributed by atoms with E-state index >= 15 is 0 Å². The zero-order valence-corrected chi connectivity index (χ0v) is 11.9. The molecule has 3 rings (SSSR count). The average molecular weight is 282 g/mol. The van der Waals surface area contributed by atoms with E-state index in [0.29, 0.717) is 5.16 Å². The second-order valence-electron chi connectivity index (χ2n) is 4.45. The van der Waals surface area contributed by atoms with Crippen molar-refractivity contribution in [3.05, 3.63) is 60.7 Å². The number of benzene rings is 2. The molecule has 0 saturated heterocycles. The Bertz CT molecular complexity index is 679. The third-order valence-electron chi connectivity index (χ3n) is 3.06. The Balaban J connectivity index is 2.20. The lowest BCUT2D eigenvalue weighted by atomic mass is 10.1. The molecule has 0 fully saturated rings. The van der Waals surface area contributed by atoms with Crippen LogP contribution in [0.4, 0.5) is 0 Å². The zero-order valence-electron chi connectivity index (χ0n) is 11.0. The van der Waals surface area contributed by atoms with Crippen molar-refractivity contribution in [3.8, 4) is 22.5 Å². The van der Waals surface area contributed by atoms with Gasteiger partial charge < -0.3 is 4.98 Å². The lowest BCUT2D eigenvalue weighted by Crippen LogP contribution is -1.89. The maximum absolute atomic E-state index is 11.7. The molecule has 4 heteroatoms. The minimum Gasteiger partial charge on any atom is -0.330 e. The van der Waals surface area contributed by atoms with E-state index in [1.807, 2.05) is 60.7 Å². The highest BCUT2D eigenvalue weighted by Gasteiger charge is 2.15. The van der Waals surface area contributed by atoms with Crippen molar-refractivity contribution < 1.29 is 4.21 Å². The summed E-state index contributed by atoms with van der Waals surface area (Å²) in [6, 6.07) is 19.9. The quantitative estimate of drug-likeness (QED) is 0.799. The Labute approximate surface area is 120 Å². The Kier molecular flexibility index (Phi) is 3.48. The van der Waals surface area contributed by atoms with E-state index in [-0.39, 0.29) is 0 Å². The zero-order chi connectivity index (χ0) is 13.9. The summed E-state index contributed by atoms with van der Waals surface area (Å²) in [6.07, 6.45) is 1.63. The number of rotatable bonds is 3. The SMILES string of the molecule is C[S@](=O)c1nc(-c2ccccc2)c(-c2ccccc2)[nH]1. The number of H-pyrrole nitrogens is 1. The smallest absolute Gasteiger partial charge is 0.197 e. The lowest BCUT2D eigenvalue weighted by Gasteiger charge is -2.02. The fourth-order valence-electron chi connectivity index (χ4n) is 2.11. The lowest BCUT2D eigenvalue weighted by molar-refractivity contribution is 0.681. The Morgan fingerprint density at radius 1 is 0.900 bits per heavy atom. The Hall–Kier alpha value is -2.20. The van der Waals surface area contributed by atoms with Crippen LogP contribution in [0.3, 0.4) is 0 Å². The molecule has 0 aliphatic heterocycles. The van der Waals surface area contributed by atoms with E-state index in [4.69, 9.17) is 0 Å². The molecule has 0 amide bonds. The molecular weight excluding hydrogens is 268 g/mol. The molecular formula is C16H14N2OS. The van der Waals surface area contributed by atoms with Gasteiger partial charge in [0.25, 0.3) is 0 Å². The number of nitrogens with zero attached hydrogens (tertiary/aromatic N) is 1. The average Bonchev–Trinajstić information content (AvgIpc) is 2.94. The van der Waals surface area contributed by atoms with Crippen LogP contribution in [-0.2, 0) is 10.8 Å². The first-order valence-electron chi connectivity index (χ1n) is 6.30. The van der Waals surface area contributed by atoms with Crippen molar-refractivity contribution in [1.29, 1.82) is 0 Å². The Morgan fingerprint density at radius 3 is 2.00 bits per heavy atom. The van der Waals surface area contributed by atoms with Gasteiger partial charge in [0.15, 0.2) is 5.16 Å². The molecule has 3 nitrogen and oxygen atoms in total. The second-order valence-corrected chi connectivity index (χ2v) is 5.75. The van der Waals surface area contributed by atoms with Gasteiger partial charge in [-0.3, -0.25) is 4.21 Å². The topological polar surface area (TPSA) is 45.8 Å². The van der Waals surface area contributed by atoms with Crippen LogP contribution in [0.5, 0.6) is 0 Å². The molecule has 0 spiro atoms. The number of aromatic nitrogens is 2. The van der Waals surface area contributed by atoms with Gasteiger partial charge >= 0.3 is 0 Å². The standard InChI is InChI=1S/C16H14N2OS/c1-20(19)16-17-14(12-8-4-2-5-9-12)15(18-16)13-10-6-3-7-11-13/h2-11H,1H3,(H,17,18)/t20-/m0/s1. The molecule has 1 atom stereocenters. The van der Waals surface area contributed by atoms with Crippen molar-refractivity contribution >= 4 is 10.8 Å². The van der Waals surface area contributed by atoms with Crippen LogP contribution in [0.25, 0.3) is 22.5 Å². The molecule has 1 aromatic heterocycles. The van der Waals surface area contributed by atoms with Crippen molar-refractivity contribution in [1.82, 2.24) is 9.97 Å². The fraction of sp³-hybridized carbons (Fsp3) is 0.0625. The number of aromatic amines is 1. The summed E-state index contributed by atoms with van der Waals surface area (Å²) in [6.45, 7) is 0. The van der Waals surface area contributed by atoms with E-state index in [2.05, 4.69) is 9.97 Å². The van der Waals surface area contributed by atoms with Crippen molar-refractivity contribution in [2.45, 2.75) is 5.16 Å². The third kappa shape index (κ3) is 2.42. The molecule has 0 bridgehead atoms. The number of hydrogen-bond acceptors (Lipinski definition) is 2. The van der Waals surface area contributed by atoms with Crippen molar-refractivity contribution in [2.24, 2.45) is 0 Å². The molecule has 0 aliphatic carbocycles. The van der Waals surface area contributed by atoms with Gasteiger partial charge in [0, 0.05) is 17.4 Å². The molecule has 2 aromatic carbocycles. The van der Waals surface area contributed by atoms with Crippen LogP contribution < -0.4 is 0 Å². The van der Waals surface area contributed by atoms with Crippen LogP contribution >= 0.6 is 0 Å². The van der Waals surface area contributed by atoms with Crippen LogP contribution in [0.1, 0.15) is 0 Å². The summed E-state index contributed by atoms with van der Waals surface area (Å²) >= 11 is 0. The molecule has 0 saturated carbocycles. The summed E-state index contributed by atoms with van der Waals surface area (Å²) in [7, 11) is -1.13. The number of imidazole rings is 1. The maximum Gasteiger partial charge on any atom is 0.197 e. The van der Waals surface area contributed by atoms with Gasteiger partial charge in [-0.05, 0) is 0 Å². The van der Waals surface area contributed by atoms with E-state index in [1.54, 1.807) is 6.26 Å². The molecule has 100 valence electrons. The molecule has 3 aromatic rings. The molecule has 0 radical (unpaired) electrons. The number of nitrogens with one attached hydrogen (secondary N) is 1. The minimum absolute atomic E-state index is 0.503. The predicted octanol–water partition coefficient (Wildman–Crippen LogP) is 3.48. The highest BCUT2D eigenvalue weighted by molar-refractivity contribution is 7.84. The minimum atomic E-state index is -1.13. The highest BCUT2D eigenvalue weighted by atomic mass is 32.2. The first-order chi connectivity index (χ1) is 9.75. The summed E-state index contributed by atoms with van der Waals surface area (Å²) in [5, 5.41) is 0.503. The third-order valence-corrected chi connectivity index (χ3v) is 3.80. The largest absolute Gasteiger partial charge is 0.330 e. The molecule has 0 unspecified atom stereocenters. The highest BCUT2D eigenvalue weighted by Crippen LogP contribution is 2.30. The second kappa shape index (κ2) is 5.43. The van der Waals surface area contributed by atoms with Gasteiger partial charge in [-0.2, -0.15) is 0 Å². The maximum atomic E-state index is 11.7. The summed E-state index contributed by atoms with van der Waals surface area (Å²) in [4.78, 5) is 7.69. The molecule has 0 aliphatic rings. The molecule has 20 heavy (non-hydrogen) atoms. The molecule has 1 heterocycles. The van der Waals surface area contributed by atoms with Gasteiger partial charge in [0.1, 0.15) is 0 Å². The first-order valence-corrected chi connectivity index (χ1v) is 7.86. The van der Waals surface area contributed by atoms with E-state index in [1.165, 1.54) is 0 Å². The van der Waals surface area contributed by atoms with Crippen LogP contribution in [0, 0.1) is 0 Å². The van der Waals surface area contributed by atoms with Crippen LogP contribution in [0.2, 0.25) is 0 Å². The van der Waals surface area contributed by atoms with E-state index in [9.17, 15) is 4.21 Å². The predicted molar refractivity (Wildman–Crippen MR) is 81.8 cm³/mol. The van der Waals surface area contributed by atoms with E-state index < -0.39 is 10.8 Å². The Morgan fingerprint density at radius 2 is 1.45 bits per heavy atom. The normalized spacial score (nSPS) is 12.2.